The van der Waals surface area contributed by atoms with Crippen LogP contribution in [0.1, 0.15) is 44.6 Å². The van der Waals surface area contributed by atoms with Crippen molar-refractivity contribution in [2.24, 2.45) is 5.92 Å². The summed E-state index contributed by atoms with van der Waals surface area (Å²) in [6, 6.07) is 10.1. The molecule has 0 radical (unpaired) electrons. The molecule has 0 aromatic heterocycles. The summed E-state index contributed by atoms with van der Waals surface area (Å²) in [6.07, 6.45) is 7.82. The molecule has 1 aromatic rings. The number of fused-ring (bicyclic) bond motifs is 1. The van der Waals surface area contributed by atoms with E-state index < -0.39 is 0 Å². The average molecular weight is 327 g/mol. The monoisotopic (exact) mass is 327 g/mol. The molecule has 3 nitrogen and oxygen atoms in total. The second-order valence-electron chi connectivity index (χ2n) is 6.97. The number of nitrogens with zero attached hydrogens (tertiary/aromatic N) is 1. The molecule has 2 aliphatic rings. The van der Waals surface area contributed by atoms with Gasteiger partial charge in [-0.15, -0.1) is 0 Å². The van der Waals surface area contributed by atoms with E-state index in [2.05, 4.69) is 24.0 Å². The van der Waals surface area contributed by atoms with Crippen molar-refractivity contribution in [3.8, 4) is 0 Å². The summed E-state index contributed by atoms with van der Waals surface area (Å²) in [4.78, 5) is 2.53. The highest BCUT2D eigenvalue weighted by molar-refractivity contribution is 5.30. The van der Waals surface area contributed by atoms with Crippen LogP contribution in [0.25, 0.3) is 0 Å². The fraction of sp³-hybridized carbons (Fsp3) is 0.524. The van der Waals surface area contributed by atoms with Crippen LogP contribution in [0.3, 0.4) is 0 Å². The molecule has 24 heavy (non-hydrogen) atoms. The lowest BCUT2D eigenvalue weighted by Gasteiger charge is -2.36. The Morgan fingerprint density at radius 3 is 2.83 bits per heavy atom. The molecular weight excluding hydrogens is 298 g/mol. The maximum absolute atomic E-state index is 10.3. The number of aliphatic hydroxyl groups is 1. The van der Waals surface area contributed by atoms with Crippen LogP contribution in [0, 0.1) is 5.92 Å². The number of hydrogen-bond acceptors (Lipinski definition) is 3. The minimum absolute atomic E-state index is 0.326. The van der Waals surface area contributed by atoms with E-state index in [1.807, 2.05) is 24.3 Å². The maximum Gasteiger partial charge on any atom is 0.153 e. The Morgan fingerprint density at radius 2 is 2.04 bits per heavy atom. The summed E-state index contributed by atoms with van der Waals surface area (Å²) < 4.78 is 5.91. The quantitative estimate of drug-likeness (QED) is 0.729. The van der Waals surface area contributed by atoms with Crippen LogP contribution in [0.15, 0.2) is 53.5 Å². The van der Waals surface area contributed by atoms with Crippen molar-refractivity contribution < 1.29 is 9.84 Å². The highest BCUT2D eigenvalue weighted by Gasteiger charge is 2.29. The Bertz CT molecular complexity index is 591. The first-order valence-corrected chi connectivity index (χ1v) is 9.28. The number of rotatable bonds is 7. The molecule has 130 valence electrons. The molecule has 1 N–H and O–H groups in total. The van der Waals surface area contributed by atoms with Crippen LogP contribution >= 0.6 is 0 Å². The minimum atomic E-state index is 0.326. The Hall–Kier alpha value is -1.74. The lowest BCUT2D eigenvalue weighted by atomic mass is 9.84. The second kappa shape index (κ2) is 8.39. The average Bonchev–Trinajstić information content (AvgIpc) is 2.61. The van der Waals surface area contributed by atoms with Crippen molar-refractivity contribution in [3.63, 3.8) is 0 Å². The van der Waals surface area contributed by atoms with Crippen LogP contribution in [0.5, 0.6) is 0 Å². The van der Waals surface area contributed by atoms with Crippen LogP contribution in [-0.2, 0) is 11.3 Å². The minimum Gasteiger partial charge on any atom is -0.504 e. The zero-order chi connectivity index (χ0) is 16.8. The third kappa shape index (κ3) is 4.41. The van der Waals surface area contributed by atoms with Gasteiger partial charge in [-0.2, -0.15) is 0 Å². The first kappa shape index (κ1) is 17.1. The summed E-state index contributed by atoms with van der Waals surface area (Å²) in [5.74, 6) is 1.62. The van der Waals surface area contributed by atoms with Gasteiger partial charge in [-0.3, -0.25) is 4.90 Å². The van der Waals surface area contributed by atoms with E-state index in [4.69, 9.17) is 4.74 Å². The van der Waals surface area contributed by atoms with Gasteiger partial charge in [0.1, 0.15) is 12.4 Å². The van der Waals surface area contributed by atoms with Crippen LogP contribution in [-0.4, -0.2) is 29.6 Å². The molecule has 3 heteroatoms. The zero-order valence-electron chi connectivity index (χ0n) is 14.7. The molecule has 0 bridgehead atoms. The van der Waals surface area contributed by atoms with Crippen molar-refractivity contribution in [2.45, 2.75) is 45.6 Å². The molecule has 0 amide bonds. The SMILES string of the molecule is CCCCCN1CCC2CC(OCc3ccccc3)=C(O)C=C2C1. The summed E-state index contributed by atoms with van der Waals surface area (Å²) in [7, 11) is 0. The molecule has 1 fully saturated rings. The maximum atomic E-state index is 10.3. The number of likely N-dealkylation sites (tertiary alicyclic amines) is 1. The number of unbranched alkanes of at least 4 members (excludes halogenated alkanes) is 2. The summed E-state index contributed by atoms with van der Waals surface area (Å²) in [5, 5.41) is 10.3. The third-order valence-corrected chi connectivity index (χ3v) is 5.10. The van der Waals surface area contributed by atoms with Gasteiger partial charge < -0.3 is 9.84 Å². The van der Waals surface area contributed by atoms with Gasteiger partial charge in [0.05, 0.1) is 0 Å². The van der Waals surface area contributed by atoms with E-state index in [1.165, 1.54) is 44.3 Å². The highest BCUT2D eigenvalue weighted by atomic mass is 16.5. The third-order valence-electron chi connectivity index (χ3n) is 5.10. The second-order valence-corrected chi connectivity index (χ2v) is 6.97. The Kier molecular flexibility index (Phi) is 5.97. The Balaban J connectivity index is 1.58. The van der Waals surface area contributed by atoms with Gasteiger partial charge in [-0.25, -0.2) is 0 Å². The molecule has 1 aliphatic carbocycles. The number of hydrogen-bond donors (Lipinski definition) is 1. The van der Waals surface area contributed by atoms with Gasteiger partial charge >= 0.3 is 0 Å². The Morgan fingerprint density at radius 1 is 1.21 bits per heavy atom. The van der Waals surface area contributed by atoms with Gasteiger partial charge in [0.15, 0.2) is 5.76 Å². The number of allylic oxidation sites excluding steroid dienone is 2. The van der Waals surface area contributed by atoms with E-state index in [-0.39, 0.29) is 0 Å². The van der Waals surface area contributed by atoms with Gasteiger partial charge in [0.25, 0.3) is 0 Å². The van der Waals surface area contributed by atoms with Crippen molar-refractivity contribution in [3.05, 3.63) is 59.1 Å². The van der Waals surface area contributed by atoms with Crippen LogP contribution in [0.4, 0.5) is 0 Å². The van der Waals surface area contributed by atoms with E-state index in [0.29, 0.717) is 18.3 Å². The van der Waals surface area contributed by atoms with E-state index in [9.17, 15) is 5.11 Å². The fourth-order valence-corrected chi connectivity index (χ4v) is 3.63. The van der Waals surface area contributed by atoms with Gasteiger partial charge in [-0.1, -0.05) is 50.1 Å². The number of piperidine rings is 1. The summed E-state index contributed by atoms with van der Waals surface area (Å²) >= 11 is 0. The van der Waals surface area contributed by atoms with Crippen molar-refractivity contribution in [1.29, 1.82) is 0 Å². The summed E-state index contributed by atoms with van der Waals surface area (Å²) in [6.45, 7) is 6.12. The topological polar surface area (TPSA) is 32.7 Å². The lowest BCUT2D eigenvalue weighted by molar-refractivity contribution is 0.147. The normalized spacial score (nSPS) is 21.4. The van der Waals surface area contributed by atoms with Gasteiger partial charge in [0, 0.05) is 13.0 Å². The molecule has 1 aliphatic heterocycles. The zero-order valence-corrected chi connectivity index (χ0v) is 14.7. The molecule has 0 saturated carbocycles. The van der Waals surface area contributed by atoms with Gasteiger partial charge in [0.2, 0.25) is 0 Å². The van der Waals surface area contributed by atoms with Crippen LogP contribution in [0.2, 0.25) is 0 Å². The predicted molar refractivity (Wildman–Crippen MR) is 97.7 cm³/mol. The molecular formula is C21H29NO2. The fourth-order valence-electron chi connectivity index (χ4n) is 3.63. The number of benzene rings is 1. The first-order valence-electron chi connectivity index (χ1n) is 9.28. The largest absolute Gasteiger partial charge is 0.504 e. The molecule has 3 rings (SSSR count). The smallest absolute Gasteiger partial charge is 0.153 e. The molecule has 1 atom stereocenters. The standard InChI is InChI=1S/C21H29NO2/c1-2-3-7-11-22-12-10-18-14-21(20(23)13-19(18)15-22)24-16-17-8-5-4-6-9-17/h4-6,8-9,13,18,23H,2-3,7,10-12,14-16H2,1H3. The summed E-state index contributed by atoms with van der Waals surface area (Å²) in [5.41, 5.74) is 2.51. The van der Waals surface area contributed by atoms with Crippen molar-refractivity contribution >= 4 is 0 Å². The van der Waals surface area contributed by atoms with E-state index in [1.54, 1.807) is 0 Å². The van der Waals surface area contributed by atoms with Crippen molar-refractivity contribution in [1.82, 2.24) is 4.90 Å². The Labute approximate surface area is 145 Å². The lowest BCUT2D eigenvalue weighted by Crippen LogP contribution is -2.37. The molecule has 0 spiro atoms. The van der Waals surface area contributed by atoms with Crippen molar-refractivity contribution in [2.75, 3.05) is 19.6 Å². The van der Waals surface area contributed by atoms with Gasteiger partial charge in [-0.05, 0) is 49.1 Å². The number of ether oxygens (including phenoxy) is 1. The number of aliphatic hydroxyl groups excluding tert-OH is 1. The predicted octanol–water partition coefficient (Wildman–Crippen LogP) is 4.82. The van der Waals surface area contributed by atoms with E-state index in [0.717, 1.165) is 24.3 Å². The molecule has 1 unspecified atom stereocenters. The van der Waals surface area contributed by atoms with Crippen LogP contribution < -0.4 is 0 Å². The highest BCUT2D eigenvalue weighted by Crippen LogP contribution is 2.35. The molecule has 1 saturated heterocycles. The molecule has 1 aromatic carbocycles. The first-order chi connectivity index (χ1) is 11.8. The van der Waals surface area contributed by atoms with E-state index >= 15 is 0 Å². The molecule has 1 heterocycles.